The molecule has 1 spiro atoms. The van der Waals surface area contributed by atoms with Crippen LogP contribution < -0.4 is 0 Å². The molecule has 26 heteroatoms. The van der Waals surface area contributed by atoms with Crippen molar-refractivity contribution in [2.75, 3.05) is 19.8 Å². The van der Waals surface area contributed by atoms with Crippen LogP contribution in [0.1, 0.15) is 127 Å². The highest BCUT2D eigenvalue weighted by atomic mass is 16.8. The molecular formula is C59H96O26. The van der Waals surface area contributed by atoms with Crippen LogP contribution in [0.15, 0.2) is 0 Å². The summed E-state index contributed by atoms with van der Waals surface area (Å²) in [6.07, 6.45) is -34.1. The number of fused-ring (bicyclic) bond motifs is 4. The molecule has 0 aromatic carbocycles. The minimum absolute atomic E-state index is 0.119. The van der Waals surface area contributed by atoms with Gasteiger partial charge >= 0.3 is 5.97 Å². The van der Waals surface area contributed by atoms with E-state index in [1.807, 2.05) is 0 Å². The summed E-state index contributed by atoms with van der Waals surface area (Å²) in [5.74, 6) is -0.950. The second-order valence-electron chi connectivity index (χ2n) is 29.5. The normalized spacial score (nSPS) is 57.4. The van der Waals surface area contributed by atoms with E-state index < -0.39 is 184 Å². The van der Waals surface area contributed by atoms with Crippen LogP contribution in [0.25, 0.3) is 0 Å². The van der Waals surface area contributed by atoms with Gasteiger partial charge in [0.15, 0.2) is 37.6 Å². The number of aliphatic hydroxyl groups is 13. The number of aliphatic hydroxyl groups excluding tert-OH is 13. The first-order chi connectivity index (χ1) is 39.7. The number of carbonyl (C=O) groups is 1. The fourth-order valence-corrected chi connectivity index (χ4v) is 19.1. The predicted octanol–water partition coefficient (Wildman–Crippen LogP) is -1.74. The van der Waals surface area contributed by atoms with E-state index in [1.165, 1.54) is 13.8 Å². The lowest BCUT2D eigenvalue weighted by molar-refractivity contribution is -0.394. The van der Waals surface area contributed by atoms with Gasteiger partial charge in [-0.15, -0.1) is 0 Å². The van der Waals surface area contributed by atoms with Crippen molar-refractivity contribution in [3.05, 3.63) is 0 Å². The van der Waals surface area contributed by atoms with Gasteiger partial charge in [0.25, 0.3) is 0 Å². The van der Waals surface area contributed by atoms with Gasteiger partial charge in [0, 0.05) is 10.8 Å². The lowest BCUT2D eigenvalue weighted by Crippen LogP contribution is -2.74. The summed E-state index contributed by atoms with van der Waals surface area (Å²) in [7, 11) is 0. The van der Waals surface area contributed by atoms with Crippen LogP contribution >= 0.6 is 0 Å². The van der Waals surface area contributed by atoms with E-state index in [2.05, 4.69) is 48.5 Å². The molecule has 2 bridgehead atoms. The molecule has 26 nitrogen and oxygen atoms in total. The van der Waals surface area contributed by atoms with Gasteiger partial charge < -0.3 is 124 Å². The molecule has 34 unspecified atom stereocenters. The number of carboxylic acid groups (broad SMARTS) is 1. The summed E-state index contributed by atoms with van der Waals surface area (Å²) in [6, 6.07) is 0. The van der Waals surface area contributed by atoms with Gasteiger partial charge in [0.2, 0.25) is 0 Å². The summed E-state index contributed by atoms with van der Waals surface area (Å²) >= 11 is 0. The molecule has 85 heavy (non-hydrogen) atoms. The summed E-state index contributed by atoms with van der Waals surface area (Å²) < 4.78 is 66.1. The fourth-order valence-electron chi connectivity index (χ4n) is 19.1. The first kappa shape index (κ1) is 65.0. The minimum Gasteiger partial charge on any atom is -0.479 e. The van der Waals surface area contributed by atoms with E-state index in [1.54, 1.807) is 0 Å². The van der Waals surface area contributed by atoms with E-state index in [9.17, 15) is 76.3 Å². The Morgan fingerprint density at radius 1 is 0.518 bits per heavy atom. The SMILES string of the molecule is CC1OC(OC2COC(OC3C(C)OC(OC4C(OC5C(C(=O)O)OC(OC6CCC7(C)C(CCC8(C)C7CCC79OCC%10(CCC(C)(C)CC%107)C(O)CC89C)C6(C)C)C(O)C5O)OC(CO)C(O)C4O)C(O)C3O)C(O)C2O)C(O)C(O)C1O. The van der Waals surface area contributed by atoms with Gasteiger partial charge in [0.05, 0.1) is 49.8 Å². The molecule has 488 valence electrons. The third-order valence-corrected chi connectivity index (χ3v) is 24.2. The lowest BCUT2D eigenvalue weighted by Gasteiger charge is -2.75. The van der Waals surface area contributed by atoms with Crippen molar-refractivity contribution in [3.8, 4) is 0 Å². The molecule has 6 aliphatic heterocycles. The first-order valence-corrected chi connectivity index (χ1v) is 30.9. The van der Waals surface area contributed by atoms with Crippen molar-refractivity contribution in [3.63, 3.8) is 0 Å². The van der Waals surface area contributed by atoms with Gasteiger partial charge in [0.1, 0.15) is 97.7 Å². The van der Waals surface area contributed by atoms with Crippen LogP contribution in [-0.4, -0.2) is 263 Å². The Morgan fingerprint density at radius 3 is 1.79 bits per heavy atom. The smallest absolute Gasteiger partial charge is 0.335 e. The quantitative estimate of drug-likeness (QED) is 0.0965. The van der Waals surface area contributed by atoms with Crippen molar-refractivity contribution < 1.29 is 128 Å². The number of hydrogen-bond donors (Lipinski definition) is 14. The molecule has 0 amide bonds. The Balaban J connectivity index is 0.742. The van der Waals surface area contributed by atoms with E-state index >= 15 is 0 Å². The average Bonchev–Trinajstić information content (AvgIpc) is 1.63. The minimum atomic E-state index is -2.06. The highest BCUT2D eigenvalue weighted by Gasteiger charge is 2.80. The Labute approximate surface area is 494 Å². The molecule has 34 atom stereocenters. The molecular weight excluding hydrogens is 1120 g/mol. The molecule has 6 heterocycles. The van der Waals surface area contributed by atoms with Crippen LogP contribution in [-0.2, 0) is 56.9 Å². The first-order valence-electron chi connectivity index (χ1n) is 30.9. The number of aliphatic carboxylic acids is 1. The van der Waals surface area contributed by atoms with Gasteiger partial charge in [-0.25, -0.2) is 4.79 Å². The lowest BCUT2D eigenvalue weighted by atomic mass is 9.30. The van der Waals surface area contributed by atoms with Crippen molar-refractivity contribution in [2.24, 2.45) is 50.2 Å². The summed E-state index contributed by atoms with van der Waals surface area (Å²) in [4.78, 5) is 13.2. The second-order valence-corrected chi connectivity index (χ2v) is 29.5. The van der Waals surface area contributed by atoms with Gasteiger partial charge in [-0.2, -0.15) is 0 Å². The van der Waals surface area contributed by atoms with Crippen molar-refractivity contribution in [2.45, 2.75) is 292 Å². The Bertz CT molecular complexity index is 2390. The molecule has 11 aliphatic rings. The van der Waals surface area contributed by atoms with E-state index in [-0.39, 0.29) is 44.5 Å². The number of carboxylic acids is 1. The maximum Gasteiger partial charge on any atom is 0.335 e. The molecule has 11 fully saturated rings. The fraction of sp³-hybridized carbons (Fsp3) is 0.983. The van der Waals surface area contributed by atoms with Crippen molar-refractivity contribution >= 4 is 5.97 Å². The molecule has 6 saturated heterocycles. The van der Waals surface area contributed by atoms with Crippen LogP contribution in [0.5, 0.6) is 0 Å². The predicted molar refractivity (Wildman–Crippen MR) is 287 cm³/mol. The molecule has 0 aromatic rings. The van der Waals surface area contributed by atoms with Gasteiger partial charge in [-0.05, 0) is 117 Å². The maximum atomic E-state index is 13.2. The number of hydrogen-bond acceptors (Lipinski definition) is 25. The highest BCUT2D eigenvalue weighted by molar-refractivity contribution is 5.73. The van der Waals surface area contributed by atoms with Crippen LogP contribution in [0.2, 0.25) is 0 Å². The van der Waals surface area contributed by atoms with Crippen molar-refractivity contribution in [1.29, 1.82) is 0 Å². The van der Waals surface area contributed by atoms with Gasteiger partial charge in [-0.3, -0.25) is 0 Å². The molecule has 0 aromatic heterocycles. The Kier molecular flexibility index (Phi) is 17.6. The maximum absolute atomic E-state index is 13.2. The van der Waals surface area contributed by atoms with E-state index in [4.69, 9.17) is 52.1 Å². The number of rotatable bonds is 12. The number of ether oxygens (including phenoxy) is 11. The summed E-state index contributed by atoms with van der Waals surface area (Å²) in [5, 5.41) is 155. The van der Waals surface area contributed by atoms with Crippen LogP contribution in [0.4, 0.5) is 0 Å². The van der Waals surface area contributed by atoms with Gasteiger partial charge in [-0.1, -0.05) is 48.5 Å². The zero-order chi connectivity index (χ0) is 61.8. The third kappa shape index (κ3) is 10.2. The largest absolute Gasteiger partial charge is 0.479 e. The third-order valence-electron chi connectivity index (χ3n) is 24.2. The summed E-state index contributed by atoms with van der Waals surface area (Å²) in [6.45, 7) is 18.3. The Morgan fingerprint density at radius 2 is 1.11 bits per heavy atom. The molecule has 0 radical (unpaired) electrons. The van der Waals surface area contributed by atoms with Crippen LogP contribution in [0, 0.1) is 50.2 Å². The molecule has 5 saturated carbocycles. The monoisotopic (exact) mass is 1220 g/mol. The van der Waals surface area contributed by atoms with Crippen LogP contribution in [0.3, 0.4) is 0 Å². The topological polar surface area (TPSA) is 402 Å². The molecule has 5 aliphatic carbocycles. The zero-order valence-electron chi connectivity index (χ0n) is 50.1. The molecule has 14 N–H and O–H groups in total. The summed E-state index contributed by atoms with van der Waals surface area (Å²) in [5.41, 5.74) is -1.53. The van der Waals surface area contributed by atoms with Crippen molar-refractivity contribution in [1.82, 2.24) is 0 Å². The average molecular weight is 1220 g/mol. The molecule has 11 rings (SSSR count). The highest BCUT2D eigenvalue weighted by Crippen LogP contribution is 2.80. The Hall–Kier alpha value is -1.49. The van der Waals surface area contributed by atoms with E-state index in [0.717, 1.165) is 51.4 Å². The second kappa shape index (κ2) is 23.0. The standard InChI is InChI=1S/C59H96O26/c1-23-32(62)35(65)40(70)49(77-23)80-26-21-75-48(39(69)34(26)64)82-43-24(2)78-50(41(71)37(43)67)84-45-36(66)33(63)25(20-60)79-52(45)83-44-38(68)42(72)51(85-46(44)47(73)74)81-31-12-13-55(7)27(54(31,5)6)10-14-56(8)28(55)11-15-59-29-18-53(3,4)16-17-58(29,22-76-59)30(61)19-57(56,59)9/h23-46,48-52,60-72H,10-22H2,1-9H3,(H,73,74). The van der Waals surface area contributed by atoms with E-state index in [0.29, 0.717) is 25.4 Å². The zero-order valence-corrected chi connectivity index (χ0v) is 50.1.